The minimum atomic E-state index is -0.579. The Labute approximate surface area is 163 Å². The zero-order valence-electron chi connectivity index (χ0n) is 16.3. The van der Waals surface area contributed by atoms with Gasteiger partial charge in [-0.1, -0.05) is 0 Å². The highest BCUT2D eigenvalue weighted by atomic mass is 19.1. The molecule has 0 bridgehead atoms. The summed E-state index contributed by atoms with van der Waals surface area (Å²) in [6.45, 7) is 6.65. The van der Waals surface area contributed by atoms with Crippen molar-refractivity contribution in [2.75, 3.05) is 75.8 Å². The molecule has 0 radical (unpaired) electrons. The number of nitrogens with zero attached hydrogens (tertiary/aromatic N) is 5. The maximum absolute atomic E-state index is 14.6. The smallest absolute Gasteiger partial charge is 0.409 e. The van der Waals surface area contributed by atoms with Crippen LogP contribution in [0.15, 0.2) is 12.1 Å². The van der Waals surface area contributed by atoms with Crippen molar-refractivity contribution < 1.29 is 18.8 Å². The van der Waals surface area contributed by atoms with Gasteiger partial charge in [-0.15, -0.1) is 0 Å². The molecular formula is C18H26FN5O4. The lowest BCUT2D eigenvalue weighted by Gasteiger charge is -2.37. The number of hydrogen-bond acceptors (Lipinski definition) is 7. The molecule has 154 valence electrons. The molecule has 0 aromatic heterocycles. The van der Waals surface area contributed by atoms with E-state index in [4.69, 9.17) is 4.74 Å². The molecule has 28 heavy (non-hydrogen) atoms. The highest BCUT2D eigenvalue weighted by Crippen LogP contribution is 2.36. The third-order valence-electron chi connectivity index (χ3n) is 5.23. The van der Waals surface area contributed by atoms with E-state index in [-0.39, 0.29) is 11.8 Å². The van der Waals surface area contributed by atoms with Crippen LogP contribution in [0, 0.1) is 15.9 Å². The van der Waals surface area contributed by atoms with E-state index in [0.29, 0.717) is 57.3 Å². The first kappa shape index (κ1) is 20.1. The first-order valence-corrected chi connectivity index (χ1v) is 9.48. The Morgan fingerprint density at radius 1 is 1.07 bits per heavy atom. The number of carbonyl (C=O) groups excluding carboxylic acids is 1. The summed E-state index contributed by atoms with van der Waals surface area (Å²) in [5.74, 6) is -0.579. The van der Waals surface area contributed by atoms with E-state index >= 15 is 0 Å². The fraction of sp³-hybridized carbons (Fsp3) is 0.611. The van der Waals surface area contributed by atoms with E-state index in [2.05, 4.69) is 4.90 Å². The van der Waals surface area contributed by atoms with Crippen molar-refractivity contribution in [3.05, 3.63) is 28.1 Å². The molecule has 2 fully saturated rings. The van der Waals surface area contributed by atoms with Crippen LogP contribution in [0.25, 0.3) is 0 Å². The number of nitro groups is 1. The van der Waals surface area contributed by atoms with Gasteiger partial charge in [0.15, 0.2) is 5.82 Å². The number of rotatable bonds is 4. The lowest BCUT2D eigenvalue weighted by molar-refractivity contribution is -0.384. The predicted octanol–water partition coefficient (Wildman–Crippen LogP) is 1.76. The van der Waals surface area contributed by atoms with Crippen LogP contribution in [0.3, 0.4) is 0 Å². The molecule has 3 rings (SSSR count). The van der Waals surface area contributed by atoms with E-state index in [1.54, 1.807) is 17.9 Å². The first-order chi connectivity index (χ1) is 13.4. The number of piperazine rings is 2. The molecule has 0 spiro atoms. The van der Waals surface area contributed by atoms with Crippen LogP contribution in [0.2, 0.25) is 0 Å². The van der Waals surface area contributed by atoms with Crippen molar-refractivity contribution in [1.82, 2.24) is 9.80 Å². The monoisotopic (exact) mass is 395 g/mol. The van der Waals surface area contributed by atoms with Crippen molar-refractivity contribution in [2.45, 2.75) is 6.92 Å². The van der Waals surface area contributed by atoms with Gasteiger partial charge >= 0.3 is 6.09 Å². The second-order valence-corrected chi connectivity index (χ2v) is 7.01. The summed E-state index contributed by atoms with van der Waals surface area (Å²) in [6.07, 6.45) is -0.381. The molecule has 0 saturated carbocycles. The summed E-state index contributed by atoms with van der Waals surface area (Å²) < 4.78 is 19.7. The molecule has 1 amide bonds. The maximum atomic E-state index is 14.6. The Balaban J connectivity index is 1.82. The quantitative estimate of drug-likeness (QED) is 0.568. The molecule has 0 unspecified atom stereocenters. The second kappa shape index (κ2) is 8.59. The molecule has 10 heteroatoms. The van der Waals surface area contributed by atoms with Crippen LogP contribution >= 0.6 is 0 Å². The molecule has 1 aromatic carbocycles. The molecule has 2 aliphatic heterocycles. The third-order valence-corrected chi connectivity index (χ3v) is 5.23. The Bertz CT molecular complexity index is 731. The fourth-order valence-electron chi connectivity index (χ4n) is 3.57. The number of ether oxygens (including phenoxy) is 1. The van der Waals surface area contributed by atoms with Crippen LogP contribution < -0.4 is 9.80 Å². The number of carbonyl (C=O) groups is 1. The highest BCUT2D eigenvalue weighted by Gasteiger charge is 2.29. The SMILES string of the molecule is CCOC(=O)N1CCN(c2cc(N3CCN(C)CC3)c(F)cc2[N+](=O)[O-])CC1. The number of nitro benzene ring substituents is 1. The Kier molecular flexibility index (Phi) is 6.18. The van der Waals surface area contributed by atoms with Crippen LogP contribution in [-0.4, -0.2) is 86.8 Å². The molecular weight excluding hydrogens is 369 g/mol. The molecule has 0 N–H and O–H groups in total. The molecule has 0 atom stereocenters. The van der Waals surface area contributed by atoms with Crippen molar-refractivity contribution in [3.8, 4) is 0 Å². The van der Waals surface area contributed by atoms with Gasteiger partial charge in [0.2, 0.25) is 0 Å². The van der Waals surface area contributed by atoms with Gasteiger partial charge in [0.1, 0.15) is 5.69 Å². The molecule has 0 aliphatic carbocycles. The maximum Gasteiger partial charge on any atom is 0.409 e. The van der Waals surface area contributed by atoms with Gasteiger partial charge in [0, 0.05) is 52.4 Å². The number of benzene rings is 1. The van der Waals surface area contributed by atoms with Gasteiger partial charge in [-0.3, -0.25) is 10.1 Å². The minimum Gasteiger partial charge on any atom is -0.450 e. The topological polar surface area (TPSA) is 82.4 Å². The summed E-state index contributed by atoms with van der Waals surface area (Å²) >= 11 is 0. The zero-order chi connectivity index (χ0) is 20.3. The summed E-state index contributed by atoms with van der Waals surface area (Å²) in [5.41, 5.74) is 0.533. The fourth-order valence-corrected chi connectivity index (χ4v) is 3.57. The first-order valence-electron chi connectivity index (χ1n) is 9.48. The molecule has 2 saturated heterocycles. The molecule has 1 aromatic rings. The summed E-state index contributed by atoms with van der Waals surface area (Å²) in [4.78, 5) is 30.3. The van der Waals surface area contributed by atoms with Gasteiger partial charge in [0.05, 0.1) is 23.3 Å². The van der Waals surface area contributed by atoms with Gasteiger partial charge < -0.3 is 24.3 Å². The summed E-state index contributed by atoms with van der Waals surface area (Å²) in [7, 11) is 2.01. The van der Waals surface area contributed by atoms with Crippen molar-refractivity contribution in [1.29, 1.82) is 0 Å². The lowest BCUT2D eigenvalue weighted by atomic mass is 10.1. The van der Waals surface area contributed by atoms with E-state index < -0.39 is 10.7 Å². The van der Waals surface area contributed by atoms with Crippen LogP contribution in [0.5, 0.6) is 0 Å². The number of amides is 1. The van der Waals surface area contributed by atoms with Crippen LogP contribution in [0.1, 0.15) is 6.92 Å². The number of halogens is 1. The molecule has 9 nitrogen and oxygen atoms in total. The zero-order valence-corrected chi connectivity index (χ0v) is 16.3. The minimum absolute atomic E-state index is 0.250. The number of hydrogen-bond donors (Lipinski definition) is 0. The Morgan fingerprint density at radius 3 is 2.21 bits per heavy atom. The lowest BCUT2D eigenvalue weighted by Crippen LogP contribution is -2.49. The number of anilines is 2. The van der Waals surface area contributed by atoms with Gasteiger partial charge in [0.25, 0.3) is 5.69 Å². The normalized spacial score (nSPS) is 18.3. The number of likely N-dealkylation sites (N-methyl/N-ethyl adjacent to an activating group) is 1. The standard InChI is InChI=1S/C18H26FN5O4/c1-3-28-18(25)23-10-8-22(9-11-23)16-13-15(14(19)12-17(16)24(26)27)21-6-4-20(2)5-7-21/h12-13H,3-11H2,1-2H3. The van der Waals surface area contributed by atoms with Gasteiger partial charge in [-0.2, -0.15) is 0 Å². The largest absolute Gasteiger partial charge is 0.450 e. The third kappa shape index (κ3) is 4.27. The Hall–Kier alpha value is -2.62. The Morgan fingerprint density at radius 2 is 1.64 bits per heavy atom. The highest BCUT2D eigenvalue weighted by molar-refractivity contribution is 5.72. The molecule has 2 heterocycles. The van der Waals surface area contributed by atoms with Crippen molar-refractivity contribution >= 4 is 23.2 Å². The van der Waals surface area contributed by atoms with Gasteiger partial charge in [-0.05, 0) is 20.0 Å². The molecule has 2 aliphatic rings. The average Bonchev–Trinajstić information content (AvgIpc) is 2.69. The predicted molar refractivity (Wildman–Crippen MR) is 104 cm³/mol. The van der Waals surface area contributed by atoms with E-state index in [1.807, 2.05) is 16.8 Å². The second-order valence-electron chi connectivity index (χ2n) is 7.01. The van der Waals surface area contributed by atoms with Crippen LogP contribution in [0.4, 0.5) is 26.2 Å². The van der Waals surface area contributed by atoms with E-state index in [9.17, 15) is 19.3 Å². The average molecular weight is 395 g/mol. The van der Waals surface area contributed by atoms with Crippen LogP contribution in [-0.2, 0) is 4.74 Å². The van der Waals surface area contributed by atoms with E-state index in [0.717, 1.165) is 19.2 Å². The summed E-state index contributed by atoms with van der Waals surface area (Å²) in [5, 5.41) is 11.5. The van der Waals surface area contributed by atoms with Gasteiger partial charge in [-0.25, -0.2) is 9.18 Å². The van der Waals surface area contributed by atoms with Crippen molar-refractivity contribution in [2.24, 2.45) is 0 Å². The summed E-state index contributed by atoms with van der Waals surface area (Å²) in [6, 6.07) is 2.60. The van der Waals surface area contributed by atoms with Crippen molar-refractivity contribution in [3.63, 3.8) is 0 Å². The van der Waals surface area contributed by atoms with E-state index in [1.165, 1.54) is 0 Å².